The first kappa shape index (κ1) is 12.7. The fourth-order valence-corrected chi connectivity index (χ4v) is 1.96. The quantitative estimate of drug-likeness (QED) is 0.761. The van der Waals surface area contributed by atoms with Crippen molar-refractivity contribution in [2.75, 3.05) is 19.6 Å². The Balaban J connectivity index is 2.28. The van der Waals surface area contributed by atoms with Crippen molar-refractivity contribution in [1.29, 1.82) is 0 Å². The molecule has 0 aliphatic carbocycles. The van der Waals surface area contributed by atoms with Crippen molar-refractivity contribution in [2.45, 2.75) is 26.7 Å². The Morgan fingerprint density at radius 2 is 1.67 bits per heavy atom. The van der Waals surface area contributed by atoms with Crippen molar-refractivity contribution in [2.24, 2.45) is 0 Å². The lowest BCUT2D eigenvalue weighted by molar-refractivity contribution is 0.300. The molecule has 2 heteroatoms. The van der Waals surface area contributed by atoms with E-state index in [1.165, 1.54) is 24.9 Å². The van der Waals surface area contributed by atoms with Gasteiger partial charge in [-0.15, -0.1) is 0 Å². The number of hydrogen-bond acceptors (Lipinski definition) is 1. The van der Waals surface area contributed by atoms with E-state index in [-0.39, 0.29) is 0 Å². The van der Waals surface area contributed by atoms with E-state index in [0.29, 0.717) is 0 Å². The third-order valence-electron chi connectivity index (χ3n) is 2.75. The summed E-state index contributed by atoms with van der Waals surface area (Å²) in [6, 6.07) is 8.64. The SMILES string of the molecule is CCN(CC)CCCc1ccc(Br)cc1. The van der Waals surface area contributed by atoms with Gasteiger partial charge in [0.1, 0.15) is 0 Å². The van der Waals surface area contributed by atoms with Crippen LogP contribution in [0.3, 0.4) is 0 Å². The van der Waals surface area contributed by atoms with Crippen molar-refractivity contribution in [3.8, 4) is 0 Å². The van der Waals surface area contributed by atoms with Crippen LogP contribution in [0.2, 0.25) is 0 Å². The van der Waals surface area contributed by atoms with Crippen molar-refractivity contribution in [3.05, 3.63) is 34.3 Å². The summed E-state index contributed by atoms with van der Waals surface area (Å²) < 4.78 is 1.16. The standard InChI is InChI=1S/C13H20BrN/c1-3-15(4-2)11-5-6-12-7-9-13(14)10-8-12/h7-10H,3-6,11H2,1-2H3. The molecule has 1 rings (SSSR count). The molecule has 84 valence electrons. The molecule has 0 spiro atoms. The van der Waals surface area contributed by atoms with Crippen molar-refractivity contribution >= 4 is 15.9 Å². The number of hydrogen-bond donors (Lipinski definition) is 0. The molecule has 0 atom stereocenters. The minimum atomic E-state index is 1.16. The highest BCUT2D eigenvalue weighted by atomic mass is 79.9. The lowest BCUT2D eigenvalue weighted by atomic mass is 10.1. The van der Waals surface area contributed by atoms with Gasteiger partial charge in [-0.2, -0.15) is 0 Å². The molecule has 0 saturated carbocycles. The summed E-state index contributed by atoms with van der Waals surface area (Å²) in [4.78, 5) is 2.47. The van der Waals surface area contributed by atoms with Crippen molar-refractivity contribution in [1.82, 2.24) is 4.90 Å². The molecule has 1 aromatic carbocycles. The van der Waals surface area contributed by atoms with Gasteiger partial charge in [0.2, 0.25) is 0 Å². The van der Waals surface area contributed by atoms with Gasteiger partial charge in [-0.3, -0.25) is 0 Å². The van der Waals surface area contributed by atoms with Gasteiger partial charge in [-0.25, -0.2) is 0 Å². The van der Waals surface area contributed by atoms with E-state index in [2.05, 4.69) is 58.9 Å². The second kappa shape index (κ2) is 7.02. The molecule has 0 radical (unpaired) electrons. The van der Waals surface area contributed by atoms with Crippen LogP contribution in [0.1, 0.15) is 25.8 Å². The van der Waals surface area contributed by atoms with Crippen LogP contribution >= 0.6 is 15.9 Å². The molecule has 0 amide bonds. The van der Waals surface area contributed by atoms with Gasteiger partial charge in [0, 0.05) is 4.47 Å². The molecule has 0 N–H and O–H groups in total. The lowest BCUT2D eigenvalue weighted by Crippen LogP contribution is -2.24. The highest BCUT2D eigenvalue weighted by Gasteiger charge is 1.99. The van der Waals surface area contributed by atoms with Gasteiger partial charge in [0.25, 0.3) is 0 Å². The molecule has 15 heavy (non-hydrogen) atoms. The highest BCUT2D eigenvalue weighted by molar-refractivity contribution is 9.10. The number of halogens is 1. The molecule has 0 aliphatic heterocycles. The number of rotatable bonds is 6. The zero-order valence-corrected chi connectivity index (χ0v) is 11.3. The number of benzene rings is 1. The van der Waals surface area contributed by atoms with E-state index in [1.807, 2.05) is 0 Å². The Morgan fingerprint density at radius 3 is 2.20 bits per heavy atom. The number of nitrogens with zero attached hydrogens (tertiary/aromatic N) is 1. The normalized spacial score (nSPS) is 10.9. The van der Waals surface area contributed by atoms with Gasteiger partial charge in [-0.05, 0) is 50.2 Å². The van der Waals surface area contributed by atoms with E-state index in [0.717, 1.165) is 17.6 Å². The molecule has 0 saturated heterocycles. The Kier molecular flexibility index (Phi) is 5.96. The Bertz CT molecular complexity index is 264. The molecule has 0 bridgehead atoms. The second-order valence-corrected chi connectivity index (χ2v) is 4.67. The summed E-state index contributed by atoms with van der Waals surface area (Å²) >= 11 is 3.45. The van der Waals surface area contributed by atoms with Crippen LogP contribution < -0.4 is 0 Å². The van der Waals surface area contributed by atoms with Crippen LogP contribution in [0.5, 0.6) is 0 Å². The zero-order chi connectivity index (χ0) is 11.1. The molecule has 0 unspecified atom stereocenters. The third-order valence-corrected chi connectivity index (χ3v) is 3.28. The molecule has 1 aromatic rings. The molecule has 1 nitrogen and oxygen atoms in total. The van der Waals surface area contributed by atoms with Crippen LogP contribution in [0.15, 0.2) is 28.7 Å². The van der Waals surface area contributed by atoms with Crippen LogP contribution in [-0.2, 0) is 6.42 Å². The largest absolute Gasteiger partial charge is 0.304 e. The summed E-state index contributed by atoms with van der Waals surface area (Å²) in [5.74, 6) is 0. The predicted molar refractivity (Wildman–Crippen MR) is 70.3 cm³/mol. The maximum atomic E-state index is 3.45. The average Bonchev–Trinajstić information content (AvgIpc) is 2.27. The van der Waals surface area contributed by atoms with Crippen LogP contribution in [0, 0.1) is 0 Å². The number of aryl methyl sites for hydroxylation is 1. The fraction of sp³-hybridized carbons (Fsp3) is 0.538. The summed E-state index contributed by atoms with van der Waals surface area (Å²) in [6.45, 7) is 7.99. The summed E-state index contributed by atoms with van der Waals surface area (Å²) in [5.41, 5.74) is 1.44. The minimum Gasteiger partial charge on any atom is -0.304 e. The monoisotopic (exact) mass is 269 g/mol. The topological polar surface area (TPSA) is 3.24 Å². The van der Waals surface area contributed by atoms with E-state index in [9.17, 15) is 0 Å². The predicted octanol–water partition coefficient (Wildman–Crippen LogP) is 3.72. The Hall–Kier alpha value is -0.340. The molecule has 0 aromatic heterocycles. The van der Waals surface area contributed by atoms with E-state index < -0.39 is 0 Å². The summed E-state index contributed by atoms with van der Waals surface area (Å²) in [5, 5.41) is 0. The van der Waals surface area contributed by atoms with Gasteiger partial charge >= 0.3 is 0 Å². The highest BCUT2D eigenvalue weighted by Crippen LogP contribution is 2.11. The van der Waals surface area contributed by atoms with Crippen molar-refractivity contribution in [3.63, 3.8) is 0 Å². The van der Waals surface area contributed by atoms with E-state index in [1.54, 1.807) is 0 Å². The molecule has 0 fully saturated rings. The van der Waals surface area contributed by atoms with Crippen LogP contribution in [0.25, 0.3) is 0 Å². The second-order valence-electron chi connectivity index (χ2n) is 3.76. The Morgan fingerprint density at radius 1 is 1.07 bits per heavy atom. The zero-order valence-electron chi connectivity index (χ0n) is 9.67. The van der Waals surface area contributed by atoms with Gasteiger partial charge in [0.15, 0.2) is 0 Å². The first-order chi connectivity index (χ1) is 7.26. The van der Waals surface area contributed by atoms with Crippen LogP contribution in [-0.4, -0.2) is 24.5 Å². The van der Waals surface area contributed by atoms with Gasteiger partial charge < -0.3 is 4.90 Å². The van der Waals surface area contributed by atoms with E-state index >= 15 is 0 Å². The molecular weight excluding hydrogens is 250 g/mol. The third kappa shape index (κ3) is 4.80. The van der Waals surface area contributed by atoms with Gasteiger partial charge in [-0.1, -0.05) is 41.9 Å². The van der Waals surface area contributed by atoms with E-state index in [4.69, 9.17) is 0 Å². The maximum absolute atomic E-state index is 3.45. The first-order valence-electron chi connectivity index (χ1n) is 5.73. The van der Waals surface area contributed by atoms with Gasteiger partial charge in [0.05, 0.1) is 0 Å². The first-order valence-corrected chi connectivity index (χ1v) is 6.52. The smallest absolute Gasteiger partial charge is 0.0175 e. The van der Waals surface area contributed by atoms with Crippen molar-refractivity contribution < 1.29 is 0 Å². The lowest BCUT2D eigenvalue weighted by Gasteiger charge is -2.17. The molecule has 0 heterocycles. The maximum Gasteiger partial charge on any atom is 0.0175 e. The summed E-state index contributed by atoms with van der Waals surface area (Å²) in [6.07, 6.45) is 2.44. The van der Waals surface area contributed by atoms with Crippen LogP contribution in [0.4, 0.5) is 0 Å². The Labute approximate surface area is 102 Å². The fourth-order valence-electron chi connectivity index (χ4n) is 1.70. The molecule has 0 aliphatic rings. The summed E-state index contributed by atoms with van der Waals surface area (Å²) in [7, 11) is 0. The molecular formula is C13H20BrN. The average molecular weight is 270 g/mol. The minimum absolute atomic E-state index is 1.16.